The van der Waals surface area contributed by atoms with Crippen LogP contribution in [0.25, 0.3) is 0 Å². The van der Waals surface area contributed by atoms with Crippen LogP contribution in [0.5, 0.6) is 0 Å². The highest BCUT2D eigenvalue weighted by atomic mass is 16.2. The molecule has 1 aliphatic rings. The molecule has 4 heteroatoms. The molecule has 1 aliphatic heterocycles. The lowest BCUT2D eigenvalue weighted by molar-refractivity contribution is -0.133. The summed E-state index contributed by atoms with van der Waals surface area (Å²) < 4.78 is 0. The summed E-state index contributed by atoms with van der Waals surface area (Å²) in [6.45, 7) is 0.0716. The SMILES string of the molecule is O=C1CNC(=O)[C@H](c2ccccc2)N1. The molecule has 0 radical (unpaired) electrons. The smallest absolute Gasteiger partial charge is 0.247 e. The fourth-order valence-corrected chi connectivity index (χ4v) is 1.43. The second-order valence-electron chi connectivity index (χ2n) is 3.13. The first-order chi connectivity index (χ1) is 6.77. The van der Waals surface area contributed by atoms with Crippen LogP contribution in [0.3, 0.4) is 0 Å². The number of hydrogen-bond donors (Lipinski definition) is 2. The number of hydrogen-bond acceptors (Lipinski definition) is 2. The summed E-state index contributed by atoms with van der Waals surface area (Å²) in [6.07, 6.45) is 0. The minimum Gasteiger partial charge on any atom is -0.345 e. The van der Waals surface area contributed by atoms with Crippen molar-refractivity contribution in [2.75, 3.05) is 6.54 Å². The van der Waals surface area contributed by atoms with Crippen LogP contribution in [0.4, 0.5) is 0 Å². The lowest BCUT2D eigenvalue weighted by Gasteiger charge is -2.23. The molecule has 1 saturated heterocycles. The number of amides is 2. The number of piperazine rings is 1. The lowest BCUT2D eigenvalue weighted by Crippen LogP contribution is -2.50. The molecular formula is C10H10N2O2. The van der Waals surface area contributed by atoms with Gasteiger partial charge < -0.3 is 10.6 Å². The van der Waals surface area contributed by atoms with E-state index in [9.17, 15) is 9.59 Å². The Balaban J connectivity index is 2.24. The molecule has 0 saturated carbocycles. The first-order valence-electron chi connectivity index (χ1n) is 4.39. The van der Waals surface area contributed by atoms with Crippen LogP contribution < -0.4 is 10.6 Å². The summed E-state index contributed by atoms with van der Waals surface area (Å²) in [5.41, 5.74) is 0.804. The van der Waals surface area contributed by atoms with Gasteiger partial charge in [0.25, 0.3) is 0 Å². The molecule has 2 rings (SSSR count). The second-order valence-corrected chi connectivity index (χ2v) is 3.13. The molecule has 0 aromatic heterocycles. The Labute approximate surface area is 81.3 Å². The predicted octanol–water partition coefficient (Wildman–Crippen LogP) is -0.0263. The third kappa shape index (κ3) is 1.59. The molecule has 1 heterocycles. The van der Waals surface area contributed by atoms with Crippen molar-refractivity contribution in [3.8, 4) is 0 Å². The van der Waals surface area contributed by atoms with Crippen molar-refractivity contribution in [3.63, 3.8) is 0 Å². The van der Waals surface area contributed by atoms with Crippen molar-refractivity contribution in [2.45, 2.75) is 6.04 Å². The topological polar surface area (TPSA) is 58.2 Å². The summed E-state index contributed by atoms with van der Waals surface area (Å²) in [4.78, 5) is 22.5. The number of nitrogens with one attached hydrogen (secondary N) is 2. The van der Waals surface area contributed by atoms with Gasteiger partial charge in [-0.2, -0.15) is 0 Å². The lowest BCUT2D eigenvalue weighted by atomic mass is 10.1. The number of carbonyl (C=O) groups is 2. The van der Waals surface area contributed by atoms with Gasteiger partial charge in [-0.05, 0) is 5.56 Å². The molecule has 0 spiro atoms. The maximum absolute atomic E-state index is 11.4. The Morgan fingerprint density at radius 3 is 2.57 bits per heavy atom. The maximum Gasteiger partial charge on any atom is 0.247 e. The molecule has 0 bridgehead atoms. The first-order valence-corrected chi connectivity index (χ1v) is 4.39. The molecule has 1 atom stereocenters. The fraction of sp³-hybridized carbons (Fsp3) is 0.200. The Morgan fingerprint density at radius 2 is 1.86 bits per heavy atom. The fourth-order valence-electron chi connectivity index (χ4n) is 1.43. The van der Waals surface area contributed by atoms with E-state index in [2.05, 4.69) is 10.6 Å². The van der Waals surface area contributed by atoms with Crippen LogP contribution >= 0.6 is 0 Å². The molecule has 0 aliphatic carbocycles. The van der Waals surface area contributed by atoms with Gasteiger partial charge in [0.1, 0.15) is 6.04 Å². The van der Waals surface area contributed by atoms with Crippen LogP contribution in [0, 0.1) is 0 Å². The number of rotatable bonds is 1. The molecule has 4 nitrogen and oxygen atoms in total. The van der Waals surface area contributed by atoms with Crippen molar-refractivity contribution in [1.82, 2.24) is 10.6 Å². The van der Waals surface area contributed by atoms with Gasteiger partial charge in [0.2, 0.25) is 11.8 Å². The molecular weight excluding hydrogens is 180 g/mol. The van der Waals surface area contributed by atoms with E-state index >= 15 is 0 Å². The van der Waals surface area contributed by atoms with Gasteiger partial charge in [-0.3, -0.25) is 9.59 Å². The van der Waals surface area contributed by atoms with Crippen LogP contribution in [0.2, 0.25) is 0 Å². The largest absolute Gasteiger partial charge is 0.345 e. The van der Waals surface area contributed by atoms with Crippen LogP contribution in [-0.4, -0.2) is 18.4 Å². The van der Waals surface area contributed by atoms with Gasteiger partial charge in [0.15, 0.2) is 0 Å². The van der Waals surface area contributed by atoms with Crippen molar-refractivity contribution in [1.29, 1.82) is 0 Å². The van der Waals surface area contributed by atoms with E-state index in [-0.39, 0.29) is 18.4 Å². The second kappa shape index (κ2) is 3.49. The third-order valence-corrected chi connectivity index (χ3v) is 2.12. The maximum atomic E-state index is 11.4. The summed E-state index contributed by atoms with van der Waals surface area (Å²) >= 11 is 0. The van der Waals surface area contributed by atoms with Crippen molar-refractivity contribution in [2.24, 2.45) is 0 Å². The van der Waals surface area contributed by atoms with E-state index in [4.69, 9.17) is 0 Å². The highest BCUT2D eigenvalue weighted by molar-refractivity contribution is 5.95. The van der Waals surface area contributed by atoms with Gasteiger partial charge in [-0.1, -0.05) is 30.3 Å². The van der Waals surface area contributed by atoms with Gasteiger partial charge >= 0.3 is 0 Å². The quantitative estimate of drug-likeness (QED) is 0.653. The molecule has 72 valence electrons. The summed E-state index contributed by atoms with van der Waals surface area (Å²) in [5.74, 6) is -0.311. The Kier molecular flexibility index (Phi) is 2.18. The molecule has 1 aromatic rings. The molecule has 0 unspecified atom stereocenters. The number of benzene rings is 1. The Hall–Kier alpha value is -1.84. The highest BCUT2D eigenvalue weighted by Crippen LogP contribution is 2.13. The standard InChI is InChI=1S/C10H10N2O2/c13-8-6-11-10(14)9(12-8)7-4-2-1-3-5-7/h1-5,9H,6H2,(H,11,14)(H,12,13)/t9-/m0/s1. The zero-order valence-corrected chi connectivity index (χ0v) is 7.49. The van der Waals surface area contributed by atoms with E-state index < -0.39 is 6.04 Å². The van der Waals surface area contributed by atoms with Gasteiger partial charge in [-0.15, -0.1) is 0 Å². The summed E-state index contributed by atoms with van der Waals surface area (Å²) in [5, 5.41) is 5.16. The summed E-state index contributed by atoms with van der Waals surface area (Å²) in [7, 11) is 0. The van der Waals surface area contributed by atoms with Gasteiger partial charge in [0.05, 0.1) is 6.54 Å². The summed E-state index contributed by atoms with van der Waals surface area (Å²) in [6, 6.07) is 8.63. The van der Waals surface area contributed by atoms with Crippen molar-refractivity contribution in [3.05, 3.63) is 35.9 Å². The van der Waals surface area contributed by atoms with E-state index in [1.54, 1.807) is 0 Å². The van der Waals surface area contributed by atoms with E-state index in [1.165, 1.54) is 0 Å². The van der Waals surface area contributed by atoms with E-state index in [1.807, 2.05) is 30.3 Å². The average molecular weight is 190 g/mol. The first kappa shape index (κ1) is 8.74. The predicted molar refractivity (Wildman–Crippen MR) is 50.3 cm³/mol. The monoisotopic (exact) mass is 190 g/mol. The number of carbonyl (C=O) groups excluding carboxylic acids is 2. The zero-order valence-electron chi connectivity index (χ0n) is 7.49. The molecule has 14 heavy (non-hydrogen) atoms. The van der Waals surface area contributed by atoms with Crippen LogP contribution in [-0.2, 0) is 9.59 Å². The Morgan fingerprint density at radius 1 is 1.14 bits per heavy atom. The molecule has 2 amide bonds. The van der Waals surface area contributed by atoms with E-state index in [0.29, 0.717) is 0 Å². The van der Waals surface area contributed by atoms with Crippen LogP contribution in [0.15, 0.2) is 30.3 Å². The van der Waals surface area contributed by atoms with Gasteiger partial charge in [-0.25, -0.2) is 0 Å². The molecule has 2 N–H and O–H groups in total. The molecule has 1 fully saturated rings. The van der Waals surface area contributed by atoms with E-state index in [0.717, 1.165) is 5.56 Å². The van der Waals surface area contributed by atoms with Crippen LogP contribution in [0.1, 0.15) is 11.6 Å². The minimum atomic E-state index is -0.544. The Bertz CT molecular complexity index is 362. The minimum absolute atomic E-state index is 0.0716. The average Bonchev–Trinajstić information content (AvgIpc) is 2.23. The van der Waals surface area contributed by atoms with Crippen molar-refractivity contribution < 1.29 is 9.59 Å². The molecule has 1 aromatic carbocycles. The van der Waals surface area contributed by atoms with Crippen molar-refractivity contribution >= 4 is 11.8 Å². The normalized spacial score (nSPS) is 21.3. The zero-order chi connectivity index (χ0) is 9.97. The highest BCUT2D eigenvalue weighted by Gasteiger charge is 2.26. The third-order valence-electron chi connectivity index (χ3n) is 2.12. The van der Waals surface area contributed by atoms with Gasteiger partial charge in [0, 0.05) is 0 Å².